The smallest absolute Gasteiger partial charge is 0.307 e. The van der Waals surface area contributed by atoms with Crippen molar-refractivity contribution in [3.63, 3.8) is 0 Å². The molecule has 0 aliphatic carbocycles. The first-order valence-corrected chi connectivity index (χ1v) is 4.61. The highest BCUT2D eigenvalue weighted by molar-refractivity contribution is 6.17. The third kappa shape index (κ3) is 2.45. The van der Waals surface area contributed by atoms with Crippen LogP contribution in [0.3, 0.4) is 0 Å². The Morgan fingerprint density at radius 3 is 2.73 bits per heavy atom. The largest absolute Gasteiger partial charge is 0.481 e. The molecule has 0 aliphatic heterocycles. The second kappa shape index (κ2) is 4.76. The summed E-state index contributed by atoms with van der Waals surface area (Å²) in [5.74, 6) is -1.94. The molecule has 0 radical (unpaired) electrons. The van der Waals surface area contributed by atoms with Crippen molar-refractivity contribution in [3.05, 3.63) is 34.6 Å². The third-order valence-corrected chi connectivity index (χ3v) is 2.20. The van der Waals surface area contributed by atoms with Crippen molar-refractivity contribution < 1.29 is 14.3 Å². The van der Waals surface area contributed by atoms with E-state index in [2.05, 4.69) is 0 Å². The zero-order valence-electron chi connectivity index (χ0n) is 7.63. The maximum Gasteiger partial charge on any atom is 0.307 e. The number of benzene rings is 1. The Kier molecular flexibility index (Phi) is 3.64. The summed E-state index contributed by atoms with van der Waals surface area (Å²) in [7, 11) is 0. The standard InChI is InChI=1S/C10H7ClFNO2/c11-4-8-6(3-9(14)15)1-2-7(5-13)10(8)12/h1-2H,3-4H2,(H,14,15). The molecule has 0 aliphatic rings. The number of rotatable bonds is 3. The van der Waals surface area contributed by atoms with E-state index in [0.717, 1.165) is 0 Å². The Bertz CT molecular complexity index is 440. The summed E-state index contributed by atoms with van der Waals surface area (Å²) < 4.78 is 13.5. The first kappa shape index (κ1) is 11.5. The van der Waals surface area contributed by atoms with E-state index in [0.29, 0.717) is 5.56 Å². The topological polar surface area (TPSA) is 61.1 Å². The van der Waals surface area contributed by atoms with E-state index in [1.54, 1.807) is 6.07 Å². The number of carboxylic acid groups (broad SMARTS) is 1. The second-order valence-electron chi connectivity index (χ2n) is 2.88. The minimum atomic E-state index is -1.06. The average Bonchev–Trinajstić information content (AvgIpc) is 2.18. The predicted octanol–water partition coefficient (Wildman–Crippen LogP) is 2.06. The van der Waals surface area contributed by atoms with Crippen LogP contribution in [-0.2, 0) is 17.1 Å². The van der Waals surface area contributed by atoms with Gasteiger partial charge in [-0.25, -0.2) is 4.39 Å². The van der Waals surface area contributed by atoms with Crippen LogP contribution >= 0.6 is 11.6 Å². The van der Waals surface area contributed by atoms with Gasteiger partial charge in [0.15, 0.2) is 0 Å². The summed E-state index contributed by atoms with van der Waals surface area (Å²) in [6.45, 7) is 0. The Hall–Kier alpha value is -1.60. The normalized spacial score (nSPS) is 9.67. The van der Waals surface area contributed by atoms with Crippen LogP contribution in [0.5, 0.6) is 0 Å². The lowest BCUT2D eigenvalue weighted by molar-refractivity contribution is -0.136. The van der Waals surface area contributed by atoms with E-state index in [9.17, 15) is 9.18 Å². The van der Waals surface area contributed by atoms with Crippen LogP contribution in [-0.4, -0.2) is 11.1 Å². The first-order chi connectivity index (χ1) is 7.10. The zero-order chi connectivity index (χ0) is 11.4. The molecule has 1 N–H and O–H groups in total. The highest BCUT2D eigenvalue weighted by Crippen LogP contribution is 2.20. The fourth-order valence-electron chi connectivity index (χ4n) is 1.22. The molecule has 1 aromatic carbocycles. The highest BCUT2D eigenvalue weighted by Gasteiger charge is 2.14. The third-order valence-electron chi connectivity index (χ3n) is 1.94. The molecule has 3 nitrogen and oxygen atoms in total. The number of aliphatic carboxylic acids is 1. The molecule has 0 spiro atoms. The van der Waals surface area contributed by atoms with Crippen molar-refractivity contribution in [2.45, 2.75) is 12.3 Å². The molecule has 0 heterocycles. The van der Waals surface area contributed by atoms with Crippen LogP contribution in [0.2, 0.25) is 0 Å². The van der Waals surface area contributed by atoms with Crippen LogP contribution in [0.1, 0.15) is 16.7 Å². The Balaban J connectivity index is 3.25. The molecule has 0 saturated heterocycles. The average molecular weight is 228 g/mol. The van der Waals surface area contributed by atoms with Crippen LogP contribution < -0.4 is 0 Å². The molecule has 15 heavy (non-hydrogen) atoms. The number of nitriles is 1. The number of halogens is 2. The van der Waals surface area contributed by atoms with Crippen molar-refractivity contribution in [2.24, 2.45) is 0 Å². The molecule has 1 aromatic rings. The minimum absolute atomic E-state index is 0.0816. The van der Waals surface area contributed by atoms with Gasteiger partial charge in [0, 0.05) is 5.56 Å². The van der Waals surface area contributed by atoms with E-state index in [4.69, 9.17) is 22.0 Å². The van der Waals surface area contributed by atoms with E-state index in [1.807, 2.05) is 0 Å². The fourth-order valence-corrected chi connectivity index (χ4v) is 1.51. The number of carboxylic acids is 1. The molecule has 0 saturated carbocycles. The lowest BCUT2D eigenvalue weighted by Crippen LogP contribution is -2.05. The number of carbonyl (C=O) groups is 1. The van der Waals surface area contributed by atoms with Crippen molar-refractivity contribution >= 4 is 17.6 Å². The summed E-state index contributed by atoms with van der Waals surface area (Å²) in [6.07, 6.45) is -0.301. The molecule has 78 valence electrons. The van der Waals surface area contributed by atoms with Gasteiger partial charge in [0.25, 0.3) is 0 Å². The first-order valence-electron chi connectivity index (χ1n) is 4.08. The molecule has 0 atom stereocenters. The maximum absolute atomic E-state index is 13.5. The fraction of sp³-hybridized carbons (Fsp3) is 0.200. The molecule has 1 rings (SSSR count). The summed E-state index contributed by atoms with van der Waals surface area (Å²) in [5.41, 5.74) is 0.256. The van der Waals surface area contributed by atoms with Gasteiger partial charge in [0.1, 0.15) is 11.9 Å². The number of alkyl halides is 1. The zero-order valence-corrected chi connectivity index (χ0v) is 8.38. The highest BCUT2D eigenvalue weighted by atomic mass is 35.5. The van der Waals surface area contributed by atoms with E-state index >= 15 is 0 Å². The summed E-state index contributed by atoms with van der Waals surface area (Å²) in [6, 6.07) is 4.33. The molecule has 0 amide bonds. The second-order valence-corrected chi connectivity index (χ2v) is 3.15. The van der Waals surface area contributed by atoms with Crippen molar-refractivity contribution in [1.29, 1.82) is 5.26 Å². The molecular formula is C10H7ClFNO2. The quantitative estimate of drug-likeness (QED) is 0.804. The monoisotopic (exact) mass is 227 g/mol. The van der Waals surface area contributed by atoms with Gasteiger partial charge in [0.2, 0.25) is 0 Å². The Morgan fingerprint density at radius 1 is 1.60 bits per heavy atom. The van der Waals surface area contributed by atoms with Gasteiger partial charge in [-0.1, -0.05) is 6.07 Å². The molecular weight excluding hydrogens is 221 g/mol. The van der Waals surface area contributed by atoms with Gasteiger partial charge in [0.05, 0.1) is 17.9 Å². The number of hydrogen-bond donors (Lipinski definition) is 1. The van der Waals surface area contributed by atoms with Gasteiger partial charge in [-0.3, -0.25) is 4.79 Å². The summed E-state index contributed by atoms with van der Waals surface area (Å²) >= 11 is 5.51. The van der Waals surface area contributed by atoms with Gasteiger partial charge < -0.3 is 5.11 Å². The molecule has 0 fully saturated rings. The van der Waals surface area contributed by atoms with Gasteiger partial charge in [-0.2, -0.15) is 5.26 Å². The maximum atomic E-state index is 13.5. The van der Waals surface area contributed by atoms with Crippen molar-refractivity contribution in [3.8, 4) is 6.07 Å². The van der Waals surface area contributed by atoms with Crippen molar-refractivity contribution in [2.75, 3.05) is 0 Å². The van der Waals surface area contributed by atoms with Crippen molar-refractivity contribution in [1.82, 2.24) is 0 Å². The van der Waals surface area contributed by atoms with Crippen LogP contribution in [0.15, 0.2) is 12.1 Å². The Morgan fingerprint density at radius 2 is 2.27 bits per heavy atom. The van der Waals surface area contributed by atoms with Gasteiger partial charge in [-0.05, 0) is 11.6 Å². The van der Waals surface area contributed by atoms with Crippen LogP contribution in [0.25, 0.3) is 0 Å². The van der Waals surface area contributed by atoms with E-state index in [1.165, 1.54) is 12.1 Å². The van der Waals surface area contributed by atoms with Gasteiger partial charge in [-0.15, -0.1) is 11.6 Å². The lowest BCUT2D eigenvalue weighted by Gasteiger charge is -2.06. The predicted molar refractivity (Wildman–Crippen MR) is 52.0 cm³/mol. The summed E-state index contributed by atoms with van der Waals surface area (Å²) in [5, 5.41) is 17.1. The Labute approximate surface area is 90.7 Å². The number of hydrogen-bond acceptors (Lipinski definition) is 2. The lowest BCUT2D eigenvalue weighted by atomic mass is 10.0. The van der Waals surface area contributed by atoms with E-state index < -0.39 is 11.8 Å². The molecule has 0 unspecified atom stereocenters. The van der Waals surface area contributed by atoms with E-state index in [-0.39, 0.29) is 23.4 Å². The SMILES string of the molecule is N#Cc1ccc(CC(=O)O)c(CCl)c1F. The molecule has 0 aromatic heterocycles. The molecule has 5 heteroatoms. The van der Waals surface area contributed by atoms with Crippen LogP contribution in [0, 0.1) is 17.1 Å². The van der Waals surface area contributed by atoms with Crippen LogP contribution in [0.4, 0.5) is 4.39 Å². The summed E-state index contributed by atoms with van der Waals surface area (Å²) in [4.78, 5) is 10.5. The van der Waals surface area contributed by atoms with Gasteiger partial charge >= 0.3 is 5.97 Å². The minimum Gasteiger partial charge on any atom is -0.481 e. The molecule has 0 bridgehead atoms. The number of nitrogens with zero attached hydrogens (tertiary/aromatic N) is 1.